The molecule has 3 aliphatic rings. The van der Waals surface area contributed by atoms with E-state index in [0.29, 0.717) is 29.4 Å². The predicted octanol–water partition coefficient (Wildman–Crippen LogP) is 3.56. The van der Waals surface area contributed by atoms with Crippen LogP contribution in [0, 0.1) is 0 Å². The average Bonchev–Trinajstić information content (AvgIpc) is 2.53. The van der Waals surface area contributed by atoms with Gasteiger partial charge < -0.3 is 14.8 Å². The van der Waals surface area contributed by atoms with E-state index in [1.807, 2.05) is 0 Å². The van der Waals surface area contributed by atoms with Crippen molar-refractivity contribution >= 4 is 17.7 Å². The first kappa shape index (κ1) is 16.8. The van der Waals surface area contributed by atoms with E-state index in [1.165, 1.54) is 23.9 Å². The number of benzene rings is 1. The van der Waals surface area contributed by atoms with Crippen LogP contribution in [0.25, 0.3) is 0 Å². The van der Waals surface area contributed by atoms with Gasteiger partial charge in [0, 0.05) is 23.6 Å². The van der Waals surface area contributed by atoms with Gasteiger partial charge in [0.1, 0.15) is 5.75 Å². The molecule has 0 atom stereocenters. The summed E-state index contributed by atoms with van der Waals surface area (Å²) >= 11 is 1.23. The number of rotatable bonds is 1. The second-order valence-corrected chi connectivity index (χ2v) is 7.60. The lowest BCUT2D eigenvalue weighted by molar-refractivity contribution is -0.274. The Morgan fingerprint density at radius 1 is 1.24 bits per heavy atom. The van der Waals surface area contributed by atoms with Crippen LogP contribution in [0.3, 0.4) is 0 Å². The van der Waals surface area contributed by atoms with Crippen LogP contribution in [0.4, 0.5) is 13.2 Å². The summed E-state index contributed by atoms with van der Waals surface area (Å²) in [6.45, 7) is 1.26. The molecule has 0 aromatic heterocycles. The predicted molar refractivity (Wildman–Crippen MR) is 85.3 cm³/mol. The molecule has 1 saturated heterocycles. The Bertz CT molecular complexity index is 754. The van der Waals surface area contributed by atoms with Crippen LogP contribution < -0.4 is 10.1 Å². The molecule has 4 rings (SSSR count). The summed E-state index contributed by atoms with van der Waals surface area (Å²) in [6, 6.07) is 4.32. The zero-order valence-electron chi connectivity index (χ0n) is 13.2. The molecule has 1 aromatic rings. The molecule has 3 heterocycles. The minimum Gasteiger partial charge on any atom is -0.406 e. The molecule has 134 valence electrons. The third kappa shape index (κ3) is 3.37. The van der Waals surface area contributed by atoms with Crippen molar-refractivity contribution in [1.82, 2.24) is 5.32 Å². The Hall–Kier alpha value is -1.67. The summed E-state index contributed by atoms with van der Waals surface area (Å²) in [7, 11) is 0. The van der Waals surface area contributed by atoms with Gasteiger partial charge >= 0.3 is 6.36 Å². The average molecular weight is 371 g/mol. The highest BCUT2D eigenvalue weighted by Gasteiger charge is 2.42. The molecule has 1 amide bonds. The quantitative estimate of drug-likeness (QED) is 0.820. The van der Waals surface area contributed by atoms with E-state index < -0.39 is 6.36 Å². The van der Waals surface area contributed by atoms with Crippen LogP contribution in [0.2, 0.25) is 0 Å². The van der Waals surface area contributed by atoms with Crippen molar-refractivity contribution in [2.75, 3.05) is 13.2 Å². The molecule has 8 heteroatoms. The molecule has 0 aliphatic carbocycles. The molecule has 0 bridgehead atoms. The lowest BCUT2D eigenvalue weighted by Crippen LogP contribution is -2.55. The first-order chi connectivity index (χ1) is 11.8. The van der Waals surface area contributed by atoms with Crippen molar-refractivity contribution in [3.05, 3.63) is 34.2 Å². The zero-order chi connectivity index (χ0) is 17.7. The second-order valence-electron chi connectivity index (χ2n) is 6.55. The standard InChI is InChI=1S/C17H16F3NO3S/c18-17(19,20)24-12-2-1-10-7-11-9-16(3-5-23-6-4-16)21-15(22)14(11)25-13(10)8-12/h1-2,8H,3-7,9H2,(H,21,22). The van der Waals surface area contributed by atoms with E-state index in [-0.39, 0.29) is 17.2 Å². The second kappa shape index (κ2) is 5.95. The molecule has 0 radical (unpaired) electrons. The molecule has 0 unspecified atom stereocenters. The van der Waals surface area contributed by atoms with Gasteiger partial charge in [0.25, 0.3) is 5.91 Å². The lowest BCUT2D eigenvalue weighted by atomic mass is 9.79. The molecule has 1 aromatic carbocycles. The first-order valence-electron chi connectivity index (χ1n) is 8.02. The Balaban J connectivity index is 1.59. The fourth-order valence-corrected chi connectivity index (χ4v) is 4.73. The van der Waals surface area contributed by atoms with Crippen LogP contribution in [0.5, 0.6) is 5.75 Å². The summed E-state index contributed by atoms with van der Waals surface area (Å²) in [5, 5.41) is 3.11. The maximum absolute atomic E-state index is 12.6. The summed E-state index contributed by atoms with van der Waals surface area (Å²) < 4.78 is 46.6. The van der Waals surface area contributed by atoms with Crippen LogP contribution in [-0.2, 0) is 16.0 Å². The van der Waals surface area contributed by atoms with Crippen molar-refractivity contribution in [2.45, 2.75) is 42.5 Å². The SMILES string of the molecule is O=C1NC2(CCOCC2)CC2=C1Sc1cc(OC(F)(F)F)ccc1C2. The highest BCUT2D eigenvalue weighted by molar-refractivity contribution is 8.04. The smallest absolute Gasteiger partial charge is 0.406 e. The van der Waals surface area contributed by atoms with Gasteiger partial charge in [0.15, 0.2) is 0 Å². The van der Waals surface area contributed by atoms with Gasteiger partial charge in [-0.05, 0) is 49.0 Å². The zero-order valence-corrected chi connectivity index (χ0v) is 14.1. The first-order valence-corrected chi connectivity index (χ1v) is 8.84. The number of ether oxygens (including phenoxy) is 2. The number of carbonyl (C=O) groups is 1. The minimum atomic E-state index is -4.73. The number of halogens is 3. The Morgan fingerprint density at radius 3 is 2.72 bits per heavy atom. The molecular formula is C17H16F3NO3S. The molecule has 1 N–H and O–H groups in total. The number of nitrogens with one attached hydrogen (secondary N) is 1. The van der Waals surface area contributed by atoms with Gasteiger partial charge in [0.05, 0.1) is 4.91 Å². The Morgan fingerprint density at radius 2 is 2.00 bits per heavy atom. The molecule has 3 aliphatic heterocycles. The van der Waals surface area contributed by atoms with Gasteiger partial charge in [0.2, 0.25) is 0 Å². The van der Waals surface area contributed by atoms with E-state index >= 15 is 0 Å². The third-order valence-electron chi connectivity index (χ3n) is 4.80. The van der Waals surface area contributed by atoms with Crippen molar-refractivity contribution in [3.63, 3.8) is 0 Å². The van der Waals surface area contributed by atoms with Crippen LogP contribution in [0.15, 0.2) is 33.6 Å². The van der Waals surface area contributed by atoms with Gasteiger partial charge in [-0.3, -0.25) is 4.79 Å². The molecule has 4 nitrogen and oxygen atoms in total. The van der Waals surface area contributed by atoms with E-state index in [0.717, 1.165) is 30.4 Å². The number of hydrogen-bond donors (Lipinski definition) is 1. The van der Waals surface area contributed by atoms with Crippen LogP contribution >= 0.6 is 11.8 Å². The normalized spacial score (nSPS) is 22.3. The molecule has 0 saturated carbocycles. The van der Waals surface area contributed by atoms with Crippen molar-refractivity contribution in [3.8, 4) is 5.75 Å². The largest absolute Gasteiger partial charge is 0.573 e. The molecule has 1 spiro atoms. The number of amides is 1. The minimum absolute atomic E-state index is 0.138. The van der Waals surface area contributed by atoms with E-state index in [1.54, 1.807) is 6.07 Å². The lowest BCUT2D eigenvalue weighted by Gasteiger charge is -2.43. The summed E-state index contributed by atoms with van der Waals surface area (Å²) in [6.07, 6.45) is -1.81. The monoisotopic (exact) mass is 371 g/mol. The van der Waals surface area contributed by atoms with Gasteiger partial charge in [-0.25, -0.2) is 0 Å². The molecule has 1 fully saturated rings. The van der Waals surface area contributed by atoms with Crippen LogP contribution in [0.1, 0.15) is 24.8 Å². The molecule has 25 heavy (non-hydrogen) atoms. The van der Waals surface area contributed by atoms with Gasteiger partial charge in [-0.15, -0.1) is 13.2 Å². The summed E-state index contributed by atoms with van der Waals surface area (Å²) in [4.78, 5) is 13.8. The highest BCUT2D eigenvalue weighted by atomic mass is 32.2. The van der Waals surface area contributed by atoms with Crippen molar-refractivity contribution in [1.29, 1.82) is 0 Å². The van der Waals surface area contributed by atoms with Crippen molar-refractivity contribution in [2.24, 2.45) is 0 Å². The topological polar surface area (TPSA) is 47.6 Å². The summed E-state index contributed by atoms with van der Waals surface area (Å²) in [5.41, 5.74) is 1.74. The number of hydrogen-bond acceptors (Lipinski definition) is 4. The van der Waals surface area contributed by atoms with E-state index in [2.05, 4.69) is 10.1 Å². The van der Waals surface area contributed by atoms with E-state index in [4.69, 9.17) is 4.74 Å². The maximum atomic E-state index is 12.6. The van der Waals surface area contributed by atoms with Gasteiger partial charge in [-0.1, -0.05) is 17.8 Å². The Kier molecular flexibility index (Phi) is 3.99. The molecular weight excluding hydrogens is 355 g/mol. The highest BCUT2D eigenvalue weighted by Crippen LogP contribution is 2.46. The third-order valence-corrected chi connectivity index (χ3v) is 6.07. The summed E-state index contributed by atoms with van der Waals surface area (Å²) in [5.74, 6) is -0.402. The van der Waals surface area contributed by atoms with E-state index in [9.17, 15) is 18.0 Å². The fourth-order valence-electron chi connectivity index (χ4n) is 3.63. The number of alkyl halides is 3. The van der Waals surface area contributed by atoms with Crippen LogP contribution in [-0.4, -0.2) is 31.0 Å². The number of fused-ring (bicyclic) bond motifs is 1. The fraction of sp³-hybridized carbons (Fsp3) is 0.471. The van der Waals surface area contributed by atoms with Gasteiger partial charge in [-0.2, -0.15) is 0 Å². The number of thioether (sulfide) groups is 1. The number of carbonyl (C=O) groups excluding carboxylic acids is 1. The Labute approximate surface area is 146 Å². The maximum Gasteiger partial charge on any atom is 0.573 e. The van der Waals surface area contributed by atoms with Crippen molar-refractivity contribution < 1.29 is 27.4 Å².